The maximum absolute atomic E-state index is 12.4. The van der Waals surface area contributed by atoms with Gasteiger partial charge in [-0.1, -0.05) is 28.8 Å². The van der Waals surface area contributed by atoms with Crippen LogP contribution in [-0.2, 0) is 22.0 Å². The minimum atomic E-state index is -3.77. The van der Waals surface area contributed by atoms with Crippen molar-refractivity contribution in [2.24, 2.45) is 0 Å². The van der Waals surface area contributed by atoms with Crippen molar-refractivity contribution in [2.45, 2.75) is 17.4 Å². The highest BCUT2D eigenvalue weighted by Gasteiger charge is 2.23. The molecule has 0 aliphatic carbocycles. The van der Waals surface area contributed by atoms with Gasteiger partial charge in [-0.2, -0.15) is 0 Å². The third-order valence-electron chi connectivity index (χ3n) is 3.53. The zero-order valence-electron chi connectivity index (χ0n) is 14.0. The van der Waals surface area contributed by atoms with E-state index in [4.69, 9.17) is 16.0 Å². The lowest BCUT2D eigenvalue weighted by Crippen LogP contribution is -2.25. The van der Waals surface area contributed by atoms with Gasteiger partial charge < -0.3 is 9.73 Å². The molecule has 8 nitrogen and oxygen atoms in total. The number of aromatic nitrogens is 3. The quantitative estimate of drug-likeness (QED) is 0.638. The molecule has 27 heavy (non-hydrogen) atoms. The second-order valence-corrected chi connectivity index (χ2v) is 7.90. The summed E-state index contributed by atoms with van der Waals surface area (Å²) >= 11 is 5.79. The predicted molar refractivity (Wildman–Crippen MR) is 96.9 cm³/mol. The monoisotopic (exact) mass is 406 g/mol. The van der Waals surface area contributed by atoms with Gasteiger partial charge in [0.2, 0.25) is 15.7 Å². The third-order valence-corrected chi connectivity index (χ3v) is 5.19. The molecular formula is C17H15ClN4O4S. The molecule has 3 rings (SSSR count). The van der Waals surface area contributed by atoms with Gasteiger partial charge in [-0.3, -0.25) is 9.78 Å². The van der Waals surface area contributed by atoms with Crippen LogP contribution in [0.3, 0.4) is 0 Å². The van der Waals surface area contributed by atoms with Gasteiger partial charge in [-0.25, -0.2) is 8.42 Å². The van der Waals surface area contributed by atoms with Gasteiger partial charge in [-0.05, 0) is 29.8 Å². The van der Waals surface area contributed by atoms with Crippen molar-refractivity contribution < 1.29 is 17.6 Å². The van der Waals surface area contributed by atoms with Gasteiger partial charge in [0.15, 0.2) is 0 Å². The molecule has 0 saturated heterocycles. The van der Waals surface area contributed by atoms with Crippen LogP contribution in [0.1, 0.15) is 21.8 Å². The second-order valence-electron chi connectivity index (χ2n) is 5.59. The Balaban J connectivity index is 1.57. The molecule has 0 fully saturated rings. The van der Waals surface area contributed by atoms with E-state index in [2.05, 4.69) is 20.5 Å². The largest absolute Gasteiger partial charge is 0.412 e. The summed E-state index contributed by atoms with van der Waals surface area (Å²) < 4.78 is 30.0. The van der Waals surface area contributed by atoms with Crippen LogP contribution in [-0.4, -0.2) is 36.1 Å². The summed E-state index contributed by atoms with van der Waals surface area (Å²) in [6.07, 6.45) is 3.22. The fourth-order valence-corrected chi connectivity index (χ4v) is 3.48. The van der Waals surface area contributed by atoms with E-state index >= 15 is 0 Å². The molecule has 3 aromatic rings. The summed E-state index contributed by atoms with van der Waals surface area (Å²) in [5.41, 5.74) is 0.983. The lowest BCUT2D eigenvalue weighted by Gasteiger charge is -2.02. The minimum Gasteiger partial charge on any atom is -0.412 e. The number of nitrogens with zero attached hydrogens (tertiary/aromatic N) is 3. The van der Waals surface area contributed by atoms with Gasteiger partial charge in [0.05, 0.1) is 11.3 Å². The van der Waals surface area contributed by atoms with E-state index in [1.807, 2.05) is 0 Å². The van der Waals surface area contributed by atoms with Crippen molar-refractivity contribution in [3.05, 3.63) is 70.8 Å². The van der Waals surface area contributed by atoms with Crippen molar-refractivity contribution in [1.29, 1.82) is 0 Å². The van der Waals surface area contributed by atoms with Crippen LogP contribution in [0.25, 0.3) is 0 Å². The number of carbonyl (C=O) groups excluding carboxylic acids is 1. The Morgan fingerprint density at radius 3 is 2.63 bits per heavy atom. The van der Waals surface area contributed by atoms with Crippen LogP contribution >= 0.6 is 11.6 Å². The summed E-state index contributed by atoms with van der Waals surface area (Å²) in [5, 5.41) is 10.1. The topological polar surface area (TPSA) is 115 Å². The van der Waals surface area contributed by atoms with E-state index in [9.17, 15) is 13.2 Å². The van der Waals surface area contributed by atoms with Crippen molar-refractivity contribution in [3.63, 3.8) is 0 Å². The average molecular weight is 407 g/mol. The van der Waals surface area contributed by atoms with E-state index in [0.717, 1.165) is 0 Å². The van der Waals surface area contributed by atoms with Crippen LogP contribution in [0.4, 0.5) is 0 Å². The molecule has 1 amide bonds. The first kappa shape index (κ1) is 19.0. The van der Waals surface area contributed by atoms with Crippen LogP contribution in [0, 0.1) is 0 Å². The molecule has 0 unspecified atom stereocenters. The van der Waals surface area contributed by atoms with Gasteiger partial charge in [-0.15, -0.1) is 5.10 Å². The van der Waals surface area contributed by atoms with Gasteiger partial charge in [0.25, 0.3) is 5.91 Å². The minimum absolute atomic E-state index is 0.121. The summed E-state index contributed by atoms with van der Waals surface area (Å²) in [7, 11) is -3.77. The molecule has 0 bridgehead atoms. The lowest BCUT2D eigenvalue weighted by molar-refractivity contribution is 0.0953. The molecular weight excluding hydrogens is 392 g/mol. The number of halogens is 1. The average Bonchev–Trinajstić information content (AvgIpc) is 3.14. The molecule has 1 N–H and O–H groups in total. The highest BCUT2D eigenvalue weighted by molar-refractivity contribution is 7.90. The molecule has 0 spiro atoms. The Labute approximate surface area is 160 Å². The standard InChI is InChI=1S/C17H15ClN4O4S/c18-14-5-3-12(4-6-14)11-27(24,25)17-22-21-15(26-17)7-9-20-16(23)13-2-1-8-19-10-13/h1-6,8,10H,7,9,11H2,(H,20,23). The maximum Gasteiger partial charge on any atom is 0.335 e. The Kier molecular flexibility index (Phi) is 5.82. The van der Waals surface area contributed by atoms with Crippen LogP contribution < -0.4 is 5.32 Å². The van der Waals surface area contributed by atoms with Gasteiger partial charge >= 0.3 is 5.22 Å². The molecule has 1 aromatic carbocycles. The number of sulfone groups is 1. The molecule has 0 saturated carbocycles. The Morgan fingerprint density at radius 1 is 1.15 bits per heavy atom. The molecule has 0 radical (unpaired) electrons. The molecule has 2 heterocycles. The molecule has 0 atom stereocenters. The summed E-state index contributed by atoms with van der Waals surface area (Å²) in [6.45, 7) is 0.215. The maximum atomic E-state index is 12.4. The number of carbonyl (C=O) groups is 1. The van der Waals surface area contributed by atoms with Gasteiger partial charge in [0.1, 0.15) is 0 Å². The first-order valence-corrected chi connectivity index (χ1v) is 9.95. The first-order valence-electron chi connectivity index (χ1n) is 7.92. The van der Waals surface area contributed by atoms with Crippen molar-refractivity contribution in [2.75, 3.05) is 6.54 Å². The number of amides is 1. The van der Waals surface area contributed by atoms with E-state index in [1.165, 1.54) is 6.20 Å². The Bertz CT molecular complexity index is 1020. The predicted octanol–water partition coefficient (Wildman–Crippen LogP) is 2.06. The number of rotatable bonds is 7. The SMILES string of the molecule is O=C(NCCc1nnc(S(=O)(=O)Cc2ccc(Cl)cc2)o1)c1cccnc1. The molecule has 2 aromatic heterocycles. The van der Waals surface area contributed by atoms with Crippen molar-refractivity contribution in [1.82, 2.24) is 20.5 Å². The molecule has 0 aliphatic heterocycles. The summed E-state index contributed by atoms with van der Waals surface area (Å²) in [4.78, 5) is 15.8. The second kappa shape index (κ2) is 8.28. The highest BCUT2D eigenvalue weighted by atomic mass is 35.5. The third kappa shape index (κ3) is 5.11. The van der Waals surface area contributed by atoms with Crippen molar-refractivity contribution in [3.8, 4) is 0 Å². The molecule has 140 valence electrons. The number of hydrogen-bond donors (Lipinski definition) is 1. The summed E-state index contributed by atoms with van der Waals surface area (Å²) in [6, 6.07) is 9.74. The van der Waals surface area contributed by atoms with Crippen LogP contribution in [0.15, 0.2) is 58.4 Å². The fourth-order valence-electron chi connectivity index (χ4n) is 2.21. The fraction of sp³-hybridized carbons (Fsp3) is 0.176. The van der Waals surface area contributed by atoms with Crippen LogP contribution in [0.2, 0.25) is 5.02 Å². The number of pyridine rings is 1. The molecule has 0 aliphatic rings. The zero-order chi connectivity index (χ0) is 19.3. The van der Waals surface area contributed by atoms with Gasteiger partial charge in [0, 0.05) is 30.4 Å². The number of nitrogens with one attached hydrogen (secondary N) is 1. The Morgan fingerprint density at radius 2 is 1.93 bits per heavy atom. The summed E-state index contributed by atoms with van der Waals surface area (Å²) in [5.74, 6) is -0.446. The van der Waals surface area contributed by atoms with E-state index in [-0.39, 0.29) is 30.5 Å². The zero-order valence-corrected chi connectivity index (χ0v) is 15.6. The van der Waals surface area contributed by atoms with E-state index < -0.39 is 15.1 Å². The normalized spacial score (nSPS) is 11.3. The molecule has 10 heteroatoms. The Hall–Kier alpha value is -2.78. The lowest BCUT2D eigenvalue weighted by atomic mass is 10.2. The smallest absolute Gasteiger partial charge is 0.335 e. The first-order chi connectivity index (χ1) is 12.9. The van der Waals surface area contributed by atoms with Crippen molar-refractivity contribution >= 4 is 27.3 Å². The van der Waals surface area contributed by atoms with E-state index in [1.54, 1.807) is 42.6 Å². The van der Waals surface area contributed by atoms with E-state index in [0.29, 0.717) is 16.1 Å². The number of hydrogen-bond acceptors (Lipinski definition) is 7. The highest BCUT2D eigenvalue weighted by Crippen LogP contribution is 2.17. The van der Waals surface area contributed by atoms with Crippen LogP contribution in [0.5, 0.6) is 0 Å². The number of benzene rings is 1.